The van der Waals surface area contributed by atoms with Crippen molar-refractivity contribution in [2.75, 3.05) is 32.8 Å². The summed E-state index contributed by atoms with van der Waals surface area (Å²) in [5, 5.41) is 8.86. The Labute approximate surface area is 113 Å². The smallest absolute Gasteiger partial charge is 0.265 e. The maximum atomic E-state index is 11.2. The zero-order valence-corrected chi connectivity index (χ0v) is 11.1. The number of rotatable bonds is 8. The summed E-state index contributed by atoms with van der Waals surface area (Å²) in [5.74, 6) is 5.42. The predicted octanol–water partition coefficient (Wildman–Crippen LogP) is -0.0169. The number of carbonyl (C=O) groups is 1. The number of aliphatic hydroxyl groups is 1. The summed E-state index contributed by atoms with van der Waals surface area (Å²) in [7, 11) is 0. The number of nitrogens with one attached hydrogen (secondary N) is 1. The van der Waals surface area contributed by atoms with Crippen molar-refractivity contribution >= 4 is 5.91 Å². The van der Waals surface area contributed by atoms with E-state index in [4.69, 9.17) is 15.7 Å². The number of hydrogen-bond acceptors (Lipinski definition) is 5. The summed E-state index contributed by atoms with van der Waals surface area (Å²) in [4.78, 5) is 13.3. The van der Waals surface area contributed by atoms with Gasteiger partial charge in [0, 0.05) is 18.7 Å². The van der Waals surface area contributed by atoms with Crippen LogP contribution in [0.4, 0.5) is 0 Å². The molecule has 0 saturated heterocycles. The number of hydrogen-bond donors (Lipinski definition) is 3. The van der Waals surface area contributed by atoms with Crippen LogP contribution in [-0.2, 0) is 0 Å². The van der Waals surface area contributed by atoms with Gasteiger partial charge in [0.15, 0.2) is 0 Å². The predicted molar refractivity (Wildman–Crippen MR) is 72.8 cm³/mol. The van der Waals surface area contributed by atoms with Crippen LogP contribution in [0.1, 0.15) is 17.3 Å². The van der Waals surface area contributed by atoms with Crippen molar-refractivity contribution in [3.63, 3.8) is 0 Å². The number of hydrazine groups is 1. The molecule has 1 aromatic rings. The summed E-state index contributed by atoms with van der Waals surface area (Å²) >= 11 is 0. The zero-order chi connectivity index (χ0) is 14.1. The molecular weight excluding hydrogens is 246 g/mol. The number of aliphatic hydroxyl groups excluding tert-OH is 1. The number of amides is 1. The average molecular weight is 267 g/mol. The normalized spacial score (nSPS) is 10.5. The van der Waals surface area contributed by atoms with E-state index in [0.717, 1.165) is 13.1 Å². The van der Waals surface area contributed by atoms with Crippen LogP contribution in [0.5, 0.6) is 5.75 Å². The number of nitrogen functional groups attached to an aromatic ring is 1. The first-order valence-electron chi connectivity index (χ1n) is 6.28. The molecule has 0 aliphatic rings. The van der Waals surface area contributed by atoms with Crippen LogP contribution < -0.4 is 16.0 Å². The van der Waals surface area contributed by atoms with E-state index >= 15 is 0 Å². The first-order valence-corrected chi connectivity index (χ1v) is 6.28. The van der Waals surface area contributed by atoms with Gasteiger partial charge in [-0.3, -0.25) is 15.1 Å². The second kappa shape index (κ2) is 8.47. The van der Waals surface area contributed by atoms with Crippen molar-refractivity contribution in [1.29, 1.82) is 0 Å². The monoisotopic (exact) mass is 267 g/mol. The number of carbonyl (C=O) groups excluding carboxylic acids is 1. The lowest BCUT2D eigenvalue weighted by molar-refractivity contribution is 0.0953. The topological polar surface area (TPSA) is 87.8 Å². The lowest BCUT2D eigenvalue weighted by Crippen LogP contribution is -2.31. The van der Waals surface area contributed by atoms with E-state index in [-0.39, 0.29) is 12.5 Å². The number of ether oxygens (including phenoxy) is 1. The number of nitrogens with zero attached hydrogens (tertiary/aromatic N) is 1. The molecule has 6 heteroatoms. The number of benzene rings is 1. The van der Waals surface area contributed by atoms with Crippen LogP contribution in [0.2, 0.25) is 0 Å². The Hall–Kier alpha value is -1.63. The van der Waals surface area contributed by atoms with Gasteiger partial charge in [0.05, 0.1) is 6.61 Å². The molecule has 1 amide bonds. The molecule has 0 fully saturated rings. The summed E-state index contributed by atoms with van der Waals surface area (Å²) < 4.78 is 5.57. The molecule has 1 rings (SSSR count). The highest BCUT2D eigenvalue weighted by atomic mass is 16.5. The molecule has 0 bridgehead atoms. The van der Waals surface area contributed by atoms with Crippen molar-refractivity contribution in [3.8, 4) is 5.75 Å². The Kier molecular flexibility index (Phi) is 6.88. The van der Waals surface area contributed by atoms with Crippen molar-refractivity contribution in [2.24, 2.45) is 5.84 Å². The molecule has 0 aliphatic carbocycles. The third-order valence-corrected chi connectivity index (χ3v) is 2.79. The molecule has 0 radical (unpaired) electrons. The van der Waals surface area contributed by atoms with E-state index in [1.165, 1.54) is 0 Å². The van der Waals surface area contributed by atoms with Gasteiger partial charge in [0.25, 0.3) is 5.91 Å². The average Bonchev–Trinajstić information content (AvgIpc) is 2.46. The molecule has 19 heavy (non-hydrogen) atoms. The van der Waals surface area contributed by atoms with E-state index in [1.807, 2.05) is 6.92 Å². The highest BCUT2D eigenvalue weighted by Gasteiger charge is 2.04. The standard InChI is InChI=1S/C13H21N3O3/c1-2-16(7-9-17)8-10-19-12-5-3-11(4-6-12)13(18)15-14/h3-6,17H,2,7-10,14H2,1H3,(H,15,18). The Bertz CT molecular complexity index is 381. The molecule has 0 unspecified atom stereocenters. The Morgan fingerprint density at radius 1 is 1.37 bits per heavy atom. The van der Waals surface area contributed by atoms with Crippen LogP contribution in [0.3, 0.4) is 0 Å². The third kappa shape index (κ3) is 5.25. The molecule has 0 spiro atoms. The largest absolute Gasteiger partial charge is 0.492 e. The van der Waals surface area contributed by atoms with Crippen LogP contribution >= 0.6 is 0 Å². The minimum Gasteiger partial charge on any atom is -0.492 e. The number of nitrogens with two attached hydrogens (primary N) is 1. The maximum Gasteiger partial charge on any atom is 0.265 e. The first-order chi connectivity index (χ1) is 9.21. The maximum absolute atomic E-state index is 11.2. The van der Waals surface area contributed by atoms with Crippen molar-refractivity contribution < 1.29 is 14.6 Å². The molecule has 1 aromatic carbocycles. The third-order valence-electron chi connectivity index (χ3n) is 2.79. The molecule has 0 atom stereocenters. The summed E-state index contributed by atoms with van der Waals surface area (Å²) in [6, 6.07) is 6.77. The van der Waals surface area contributed by atoms with E-state index < -0.39 is 0 Å². The molecule has 0 aromatic heterocycles. The Balaban J connectivity index is 2.39. The van der Waals surface area contributed by atoms with E-state index in [9.17, 15) is 4.79 Å². The van der Waals surface area contributed by atoms with Crippen LogP contribution in [0.15, 0.2) is 24.3 Å². The van der Waals surface area contributed by atoms with Gasteiger partial charge in [-0.15, -0.1) is 0 Å². The minimum atomic E-state index is -0.327. The molecular formula is C13H21N3O3. The van der Waals surface area contributed by atoms with Gasteiger partial charge in [0.2, 0.25) is 0 Å². The molecule has 0 saturated carbocycles. The van der Waals surface area contributed by atoms with Crippen molar-refractivity contribution in [3.05, 3.63) is 29.8 Å². The van der Waals surface area contributed by atoms with Gasteiger partial charge in [-0.05, 0) is 30.8 Å². The van der Waals surface area contributed by atoms with Crippen LogP contribution in [0, 0.1) is 0 Å². The SMILES string of the molecule is CCN(CCO)CCOc1ccc(C(=O)NN)cc1. The number of likely N-dealkylation sites (N-methyl/N-ethyl adjacent to an activating group) is 1. The Morgan fingerprint density at radius 3 is 2.58 bits per heavy atom. The second-order valence-electron chi connectivity index (χ2n) is 4.00. The fourth-order valence-corrected chi connectivity index (χ4v) is 1.65. The summed E-state index contributed by atoms with van der Waals surface area (Å²) in [5.41, 5.74) is 2.56. The lowest BCUT2D eigenvalue weighted by Gasteiger charge is -2.19. The lowest BCUT2D eigenvalue weighted by atomic mass is 10.2. The van der Waals surface area contributed by atoms with Gasteiger partial charge >= 0.3 is 0 Å². The highest BCUT2D eigenvalue weighted by Crippen LogP contribution is 2.11. The van der Waals surface area contributed by atoms with Gasteiger partial charge in [0.1, 0.15) is 12.4 Å². The van der Waals surface area contributed by atoms with Gasteiger partial charge in [-0.25, -0.2) is 5.84 Å². The molecule has 6 nitrogen and oxygen atoms in total. The van der Waals surface area contributed by atoms with Crippen molar-refractivity contribution in [2.45, 2.75) is 6.92 Å². The summed E-state index contributed by atoms with van der Waals surface area (Å²) in [6.45, 7) is 5.00. The zero-order valence-electron chi connectivity index (χ0n) is 11.1. The minimum absolute atomic E-state index is 0.150. The van der Waals surface area contributed by atoms with Crippen LogP contribution in [0.25, 0.3) is 0 Å². The van der Waals surface area contributed by atoms with Gasteiger partial charge < -0.3 is 9.84 Å². The molecule has 4 N–H and O–H groups in total. The van der Waals surface area contributed by atoms with E-state index in [0.29, 0.717) is 24.5 Å². The van der Waals surface area contributed by atoms with Crippen LogP contribution in [-0.4, -0.2) is 48.8 Å². The highest BCUT2D eigenvalue weighted by molar-refractivity contribution is 5.93. The second-order valence-corrected chi connectivity index (χ2v) is 4.00. The molecule has 0 aliphatic heterocycles. The van der Waals surface area contributed by atoms with Gasteiger partial charge in [-0.1, -0.05) is 6.92 Å². The van der Waals surface area contributed by atoms with E-state index in [1.54, 1.807) is 24.3 Å². The first kappa shape index (κ1) is 15.4. The van der Waals surface area contributed by atoms with Crippen molar-refractivity contribution in [1.82, 2.24) is 10.3 Å². The fourth-order valence-electron chi connectivity index (χ4n) is 1.65. The Morgan fingerprint density at radius 2 is 2.05 bits per heavy atom. The quantitative estimate of drug-likeness (QED) is 0.350. The molecule has 106 valence electrons. The van der Waals surface area contributed by atoms with E-state index in [2.05, 4.69) is 10.3 Å². The molecule has 0 heterocycles. The summed E-state index contributed by atoms with van der Waals surface area (Å²) in [6.07, 6.45) is 0. The fraction of sp³-hybridized carbons (Fsp3) is 0.462. The van der Waals surface area contributed by atoms with Gasteiger partial charge in [-0.2, -0.15) is 0 Å².